The molecule has 0 aliphatic carbocycles. The second-order valence-electron chi connectivity index (χ2n) is 3.01. The Labute approximate surface area is 90.4 Å². The quantitative estimate of drug-likeness (QED) is 0.543. The molecule has 0 saturated carbocycles. The molecular weight excluding hydrogens is 224 g/mol. The fraction of sp³-hybridized carbons (Fsp3) is 0.556. The summed E-state index contributed by atoms with van der Waals surface area (Å²) in [5.74, 6) is -2.22. The lowest BCUT2D eigenvalue weighted by molar-refractivity contribution is -0.171. The Kier molecular flexibility index (Phi) is 4.51. The molecule has 0 aromatic rings. The van der Waals surface area contributed by atoms with E-state index in [2.05, 4.69) is 16.6 Å². The predicted octanol–water partition coefficient (Wildman–Crippen LogP) is -0.136. The van der Waals surface area contributed by atoms with Gasteiger partial charge in [-0.15, -0.1) is 0 Å². The summed E-state index contributed by atoms with van der Waals surface area (Å²) in [7, 11) is 0. The lowest BCUT2D eigenvalue weighted by atomic mass is 10.2. The Hall–Kier alpha value is -1.34. The first kappa shape index (κ1) is 12.7. The van der Waals surface area contributed by atoms with Gasteiger partial charge < -0.3 is 9.47 Å². The van der Waals surface area contributed by atoms with Crippen molar-refractivity contribution in [3.63, 3.8) is 0 Å². The van der Waals surface area contributed by atoms with Crippen LogP contribution in [-0.4, -0.2) is 43.7 Å². The minimum absolute atomic E-state index is 0.102. The van der Waals surface area contributed by atoms with Crippen molar-refractivity contribution < 1.29 is 27.8 Å². The van der Waals surface area contributed by atoms with Crippen LogP contribution >= 0.6 is 0 Å². The van der Waals surface area contributed by atoms with E-state index < -0.39 is 30.5 Å². The number of esters is 1. The molecular formula is C9H11F2NO4. The highest BCUT2D eigenvalue weighted by Crippen LogP contribution is 2.12. The summed E-state index contributed by atoms with van der Waals surface area (Å²) in [6.45, 7) is 3.56. The monoisotopic (exact) mass is 235 g/mol. The van der Waals surface area contributed by atoms with Crippen LogP contribution in [0.1, 0.15) is 0 Å². The van der Waals surface area contributed by atoms with E-state index in [0.717, 1.165) is 6.08 Å². The van der Waals surface area contributed by atoms with Gasteiger partial charge in [0.1, 0.15) is 0 Å². The van der Waals surface area contributed by atoms with E-state index >= 15 is 0 Å². The fourth-order valence-electron chi connectivity index (χ4n) is 1.21. The first-order chi connectivity index (χ1) is 7.56. The van der Waals surface area contributed by atoms with Gasteiger partial charge in [-0.2, -0.15) is 0 Å². The van der Waals surface area contributed by atoms with Crippen LogP contribution in [0.15, 0.2) is 12.7 Å². The molecule has 1 rings (SSSR count). The Morgan fingerprint density at radius 1 is 1.56 bits per heavy atom. The van der Waals surface area contributed by atoms with Gasteiger partial charge in [0, 0.05) is 12.6 Å². The molecule has 0 amide bonds. The SMILES string of the molecule is C=CC(=O)OC1NCCOC1C(=O)C(F)F. The number of hydrogen-bond acceptors (Lipinski definition) is 5. The predicted molar refractivity (Wildman–Crippen MR) is 48.8 cm³/mol. The number of morpholine rings is 1. The van der Waals surface area contributed by atoms with E-state index in [9.17, 15) is 18.4 Å². The summed E-state index contributed by atoms with van der Waals surface area (Å²) in [4.78, 5) is 21.9. The molecule has 1 heterocycles. The number of ether oxygens (including phenoxy) is 2. The van der Waals surface area contributed by atoms with Crippen molar-refractivity contribution in [1.82, 2.24) is 5.32 Å². The average molecular weight is 235 g/mol. The first-order valence-corrected chi connectivity index (χ1v) is 4.56. The van der Waals surface area contributed by atoms with Crippen molar-refractivity contribution in [2.75, 3.05) is 13.2 Å². The van der Waals surface area contributed by atoms with Gasteiger partial charge in [-0.1, -0.05) is 6.58 Å². The van der Waals surface area contributed by atoms with E-state index in [-0.39, 0.29) is 6.61 Å². The highest BCUT2D eigenvalue weighted by atomic mass is 19.3. The zero-order valence-corrected chi connectivity index (χ0v) is 8.32. The smallest absolute Gasteiger partial charge is 0.331 e. The third kappa shape index (κ3) is 3.07. The highest BCUT2D eigenvalue weighted by Gasteiger charge is 2.38. The lowest BCUT2D eigenvalue weighted by Crippen LogP contribution is -2.55. The molecule has 90 valence electrons. The van der Waals surface area contributed by atoms with Gasteiger partial charge in [0.15, 0.2) is 12.3 Å². The van der Waals surface area contributed by atoms with Crippen molar-refractivity contribution in [3.05, 3.63) is 12.7 Å². The van der Waals surface area contributed by atoms with E-state index in [4.69, 9.17) is 4.74 Å². The molecule has 0 aromatic carbocycles. The number of halogens is 2. The molecule has 0 bridgehead atoms. The maximum atomic E-state index is 12.2. The lowest BCUT2D eigenvalue weighted by Gasteiger charge is -2.30. The molecule has 1 fully saturated rings. The van der Waals surface area contributed by atoms with E-state index in [1.165, 1.54) is 0 Å². The van der Waals surface area contributed by atoms with Crippen molar-refractivity contribution in [1.29, 1.82) is 0 Å². The summed E-state index contributed by atoms with van der Waals surface area (Å²) in [6.07, 6.45) is -4.95. The molecule has 1 aliphatic rings. The second-order valence-corrected chi connectivity index (χ2v) is 3.01. The van der Waals surface area contributed by atoms with Crippen LogP contribution in [0, 0.1) is 0 Å². The van der Waals surface area contributed by atoms with E-state index in [1.54, 1.807) is 0 Å². The minimum atomic E-state index is -3.16. The van der Waals surface area contributed by atoms with E-state index in [1.807, 2.05) is 0 Å². The molecule has 5 nitrogen and oxygen atoms in total. The van der Waals surface area contributed by atoms with E-state index in [0.29, 0.717) is 6.54 Å². The van der Waals surface area contributed by atoms with Gasteiger partial charge >= 0.3 is 5.97 Å². The topological polar surface area (TPSA) is 64.6 Å². The average Bonchev–Trinajstić information content (AvgIpc) is 2.28. The molecule has 2 atom stereocenters. The molecule has 1 aliphatic heterocycles. The molecule has 1 N–H and O–H groups in total. The number of nitrogens with one attached hydrogen (secondary N) is 1. The van der Waals surface area contributed by atoms with Crippen molar-refractivity contribution in [2.45, 2.75) is 18.8 Å². The van der Waals surface area contributed by atoms with Gasteiger partial charge in [-0.3, -0.25) is 10.1 Å². The molecule has 7 heteroatoms. The molecule has 16 heavy (non-hydrogen) atoms. The fourth-order valence-corrected chi connectivity index (χ4v) is 1.21. The normalized spacial score (nSPS) is 25.2. The number of carbonyl (C=O) groups is 2. The number of Topliss-reactive ketones (excluding diaryl/α,β-unsaturated/α-hetero) is 1. The number of rotatable bonds is 4. The van der Waals surface area contributed by atoms with Gasteiger partial charge in [-0.05, 0) is 0 Å². The Balaban J connectivity index is 2.67. The number of ketones is 1. The van der Waals surface area contributed by atoms with Crippen LogP contribution in [0.25, 0.3) is 0 Å². The van der Waals surface area contributed by atoms with Crippen molar-refractivity contribution >= 4 is 11.8 Å². The van der Waals surface area contributed by atoms with Gasteiger partial charge in [0.2, 0.25) is 5.78 Å². The standard InChI is InChI=1S/C9H11F2NO4/c1-2-5(13)16-9-7(6(14)8(10)11)15-4-3-12-9/h2,7-9,12H,1,3-4H2. The maximum absolute atomic E-state index is 12.2. The number of carbonyl (C=O) groups excluding carboxylic acids is 2. The third-order valence-corrected chi connectivity index (χ3v) is 1.93. The molecule has 0 radical (unpaired) electrons. The largest absolute Gasteiger partial charge is 0.440 e. The first-order valence-electron chi connectivity index (χ1n) is 4.56. The molecule has 0 aromatic heterocycles. The van der Waals surface area contributed by atoms with Crippen LogP contribution in [0.2, 0.25) is 0 Å². The minimum Gasteiger partial charge on any atom is -0.440 e. The summed E-state index contributed by atoms with van der Waals surface area (Å²) >= 11 is 0. The summed E-state index contributed by atoms with van der Waals surface area (Å²) in [5.41, 5.74) is 0. The molecule has 1 saturated heterocycles. The van der Waals surface area contributed by atoms with Crippen LogP contribution < -0.4 is 5.32 Å². The second kappa shape index (κ2) is 5.66. The summed E-state index contributed by atoms with van der Waals surface area (Å²) < 4.78 is 33.9. The van der Waals surface area contributed by atoms with Crippen LogP contribution in [0.3, 0.4) is 0 Å². The summed E-state index contributed by atoms with van der Waals surface area (Å²) in [5, 5.41) is 2.60. The zero-order valence-electron chi connectivity index (χ0n) is 8.32. The van der Waals surface area contributed by atoms with Gasteiger partial charge in [0.05, 0.1) is 6.61 Å². The van der Waals surface area contributed by atoms with Crippen LogP contribution in [0.5, 0.6) is 0 Å². The third-order valence-electron chi connectivity index (χ3n) is 1.93. The summed E-state index contributed by atoms with van der Waals surface area (Å²) in [6, 6.07) is 0. The van der Waals surface area contributed by atoms with Gasteiger partial charge in [-0.25, -0.2) is 13.6 Å². The Morgan fingerprint density at radius 2 is 2.25 bits per heavy atom. The Morgan fingerprint density at radius 3 is 2.81 bits per heavy atom. The molecule has 2 unspecified atom stereocenters. The highest BCUT2D eigenvalue weighted by molar-refractivity contribution is 5.87. The van der Waals surface area contributed by atoms with Crippen LogP contribution in [0.4, 0.5) is 8.78 Å². The van der Waals surface area contributed by atoms with Gasteiger partial charge in [0.25, 0.3) is 6.43 Å². The van der Waals surface area contributed by atoms with Crippen molar-refractivity contribution in [2.24, 2.45) is 0 Å². The Bertz CT molecular complexity index is 295. The number of hydrogen-bond donors (Lipinski definition) is 1. The number of alkyl halides is 2. The zero-order chi connectivity index (χ0) is 12.1. The van der Waals surface area contributed by atoms with Crippen LogP contribution in [-0.2, 0) is 19.1 Å². The molecule has 0 spiro atoms. The maximum Gasteiger partial charge on any atom is 0.331 e. The van der Waals surface area contributed by atoms with Crippen molar-refractivity contribution in [3.8, 4) is 0 Å².